The molecule has 10 aliphatic heterocycles. The van der Waals surface area contributed by atoms with Crippen LogP contribution < -0.4 is 86.3 Å². The fourth-order valence-corrected chi connectivity index (χ4v) is 17.3. The minimum Gasteiger partial charge on any atom is -1.00 e. The molecule has 7 saturated heterocycles. The Morgan fingerprint density at radius 1 is 0.512 bits per heavy atom. The molecule has 0 unspecified atom stereocenters. The van der Waals surface area contributed by atoms with Crippen LogP contribution in [0.5, 0.6) is 23.0 Å². The van der Waals surface area contributed by atoms with Crippen molar-refractivity contribution in [2.24, 2.45) is 5.73 Å². The molecule has 0 radical (unpaired) electrons. The van der Waals surface area contributed by atoms with Gasteiger partial charge in [0.25, 0.3) is 29.5 Å². The van der Waals surface area contributed by atoms with E-state index in [0.717, 1.165) is 37.6 Å². The summed E-state index contributed by atoms with van der Waals surface area (Å²) < 4.78 is 132. The number of aromatic nitrogens is 4. The maximum absolute atomic E-state index is 14.2. The van der Waals surface area contributed by atoms with Crippen molar-refractivity contribution >= 4 is 99.5 Å². The van der Waals surface area contributed by atoms with Gasteiger partial charge >= 0.3 is 41.0 Å². The van der Waals surface area contributed by atoms with Crippen LogP contribution in [-0.2, 0) is 65.3 Å². The van der Waals surface area contributed by atoms with Crippen molar-refractivity contribution in [2.75, 3.05) is 115 Å². The van der Waals surface area contributed by atoms with E-state index >= 15 is 0 Å². The van der Waals surface area contributed by atoms with E-state index in [1.165, 1.54) is 65.6 Å². The number of ether oxygens (including phenoxy) is 13. The quantitative estimate of drug-likeness (QED) is 0.0246. The number of nitrogens with one attached hydrogen (secondary N) is 2. The number of benzene rings is 2. The molecule has 16 rings (SSSR count). The van der Waals surface area contributed by atoms with Gasteiger partial charge in [-0.1, -0.05) is 35.3 Å². The predicted octanol–water partition coefficient (Wildman–Crippen LogP) is -1.93. The average Bonchev–Trinajstić information content (AvgIpc) is 1.63. The van der Waals surface area contributed by atoms with Gasteiger partial charge in [-0.3, -0.25) is 47.9 Å². The number of aromatic hydroxyl groups is 1. The minimum atomic E-state index is -1.05. The molecular formula is C82H92Br2Cl2F4MgN10O28. The summed E-state index contributed by atoms with van der Waals surface area (Å²) in [6, 6.07) is 1.06. The maximum atomic E-state index is 14.2. The number of carbonyl (C=O) groups is 9. The van der Waals surface area contributed by atoms with Crippen LogP contribution in [0, 0.1) is 23.3 Å². The molecule has 5 amide bonds. The summed E-state index contributed by atoms with van der Waals surface area (Å²) in [6.45, 7) is 13.0. The zero-order valence-electron chi connectivity index (χ0n) is 71.5. The van der Waals surface area contributed by atoms with Crippen LogP contribution in [0.1, 0.15) is 186 Å². The first-order valence-electron chi connectivity index (χ1n) is 39.7. The molecule has 4 aromatic heterocycles. The van der Waals surface area contributed by atoms with Crippen LogP contribution in [0.4, 0.5) is 17.6 Å². The number of pyridine rings is 4. The Hall–Kier alpha value is -9.46. The van der Waals surface area contributed by atoms with Crippen molar-refractivity contribution in [1.29, 1.82) is 0 Å². The molecule has 38 nitrogen and oxygen atoms in total. The fraction of sp³-hybridized carbons (Fsp3) is 0.500. The summed E-state index contributed by atoms with van der Waals surface area (Å²) in [5, 5.41) is 22.1. The molecule has 2 aromatic carbocycles. The van der Waals surface area contributed by atoms with Gasteiger partial charge < -0.3 is 155 Å². The van der Waals surface area contributed by atoms with E-state index in [-0.39, 0.29) is 214 Å². The Bertz CT molecular complexity index is 5630. The van der Waals surface area contributed by atoms with Crippen molar-refractivity contribution in [3.63, 3.8) is 0 Å². The first-order chi connectivity index (χ1) is 59.9. The van der Waals surface area contributed by atoms with Crippen molar-refractivity contribution in [3.8, 4) is 23.0 Å². The number of hydrogen-bond donors (Lipinski definition) is 5. The summed E-state index contributed by atoms with van der Waals surface area (Å²) in [5.41, 5.74) is -3.00. The number of amides is 5. The second-order valence-electron chi connectivity index (χ2n) is 31.0. The Kier molecular flexibility index (Phi) is 33.9. The van der Waals surface area contributed by atoms with E-state index in [4.69, 9.17) is 90.9 Å². The van der Waals surface area contributed by atoms with E-state index in [2.05, 4.69) is 15.4 Å². The number of aliphatic hydroxyl groups excluding tert-OH is 1. The Labute approximate surface area is 779 Å². The number of esters is 3. The molecule has 3 spiro atoms. The van der Waals surface area contributed by atoms with Gasteiger partial charge in [0, 0.05) is 80.7 Å². The van der Waals surface area contributed by atoms with Crippen LogP contribution in [0.15, 0.2) is 68.2 Å². The van der Waals surface area contributed by atoms with Crippen LogP contribution >= 0.6 is 23.2 Å². The first-order valence-corrected chi connectivity index (χ1v) is 40.5. The summed E-state index contributed by atoms with van der Waals surface area (Å²) in [7, 11) is 6.04. The van der Waals surface area contributed by atoms with Crippen molar-refractivity contribution < 1.29 is 166 Å². The molecule has 11 atom stereocenters. The molecule has 10 aliphatic rings. The minimum absolute atomic E-state index is 0. The molecule has 0 aliphatic carbocycles. The molecule has 14 heterocycles. The Morgan fingerprint density at radius 3 is 1.23 bits per heavy atom. The second kappa shape index (κ2) is 42.4. The summed E-state index contributed by atoms with van der Waals surface area (Å²) in [4.78, 5) is 171. The van der Waals surface area contributed by atoms with Crippen molar-refractivity contribution in [1.82, 2.24) is 43.6 Å². The molecule has 129 heavy (non-hydrogen) atoms. The Balaban J connectivity index is 0.000000191. The smallest absolute Gasteiger partial charge is 1.00 e. The topological polar surface area (TPSA) is 462 Å². The number of rotatable bonds is 15. The molecule has 47 heteroatoms. The zero-order valence-corrected chi connectivity index (χ0v) is 77.6. The van der Waals surface area contributed by atoms with Gasteiger partial charge in [-0.05, 0) is 53.7 Å². The number of hydrogen-bond acceptors (Lipinski definition) is 29. The van der Waals surface area contributed by atoms with Crippen molar-refractivity contribution in [3.05, 3.63) is 179 Å². The van der Waals surface area contributed by atoms with Gasteiger partial charge in [-0.2, -0.15) is 0 Å². The second-order valence-corrected chi connectivity index (χ2v) is 31.7. The molecule has 7 fully saturated rings. The number of carbonyl (C=O) groups excluding carboxylic acids is 9. The standard InChI is InChI=1S/C23H22ClF2N3O6.C22H20ClF2N3O6.C17H20N2O7.C17H21NO8.C3H9NO.2BrH.Mg/c1-11-9-35-23-5-6-34-10-15(23)28-8-13(19(30)20(33-2)18(28)22(32)29(11)23)21(31)27-7-12-3-4-14(25)16(24)17(12)26;1-10-8-34-22-4-5-33-9-14(22)27-7-12(18(29)19(30)17(27)21(32)28(10)22)20(31)26-6-11-2-3-13(24)15(23)16(11)25;1-9-7-26-17-4-5-25-8-11(17)18-6-10(16(22)24-3)13(20)14(23-2)12(18)15(21)19(9)17;1-9(2)26-17(22)13-15(23-3)14(20)10(16(21)24-4)7-18(13)11-8-25-6-5-12(11)19;1-3(4)2-5;;;/h3-4,8,11,15H,5-7,9-10H2,1-2H3,(H,27,31);2-3,7,10,14,30H,4-6,8-9H2,1H3,(H,26,31);6,9,11H,4-5,7-8H2,1-3H3;7,9,11H,5-6,8H2,1-4H3;3,5H,2,4H2,1H3;2*1H;/q;;;;;;;+2/p-2/t11-,15+,23+;10-,14+,22+;9-,11+,17+;11-;3-;;;/m11101.../s1. The fourth-order valence-electron chi connectivity index (χ4n) is 16.9. The van der Waals surface area contributed by atoms with E-state index in [1.807, 2.05) is 20.8 Å². The SMILES string of the molecule is COC(=O)c1cn([C@H]2COCCC2=O)c(C(=O)OC(C)C)c(OC)c1=O.COC(=O)c1cn2c(c(OC)c1=O)C(=O)N1[C@H](C)CO[C@]13CCOC[C@H]23.COc1c2n(cc(C(=O)NCc3ccc(F)c(Cl)c3F)c1=O)[C@H]1COCC[C@]13OC[C@@H](C)N3C2=O.C[C@@H](N)CO.C[C@@H]1CO[C@@]23CCOC[C@@H]2n2cc(C(=O)NCc4ccc(F)c(Cl)c4F)c(=O)c(O)c2C(=O)N13.[Br-].[Br-].[Mg+2]. The van der Waals surface area contributed by atoms with E-state index in [9.17, 15) is 85.0 Å². The molecule has 6 N–H and O–H groups in total. The van der Waals surface area contributed by atoms with Gasteiger partial charge in [0.05, 0.1) is 139 Å². The van der Waals surface area contributed by atoms with Gasteiger partial charge in [-0.25, -0.2) is 31.9 Å². The van der Waals surface area contributed by atoms with Crippen LogP contribution in [0.25, 0.3) is 0 Å². The number of Topliss-reactive ketones (excluding diaryl/α,β-unsaturated/α-hetero) is 1. The van der Waals surface area contributed by atoms with Gasteiger partial charge in [0.2, 0.25) is 21.7 Å². The van der Waals surface area contributed by atoms with Crippen molar-refractivity contribution in [2.45, 2.75) is 152 Å². The van der Waals surface area contributed by atoms with E-state index in [0.29, 0.717) is 52.3 Å². The zero-order chi connectivity index (χ0) is 91.8. The molecular weight excluding hydrogens is 1900 g/mol. The van der Waals surface area contributed by atoms with Crippen LogP contribution in [0.3, 0.4) is 0 Å². The number of nitrogens with two attached hydrogens (primary N) is 1. The number of fused-ring (bicyclic) bond motifs is 6. The predicted molar refractivity (Wildman–Crippen MR) is 435 cm³/mol. The van der Waals surface area contributed by atoms with E-state index < -0.39 is 168 Å². The third-order valence-corrected chi connectivity index (χ3v) is 23.5. The summed E-state index contributed by atoms with van der Waals surface area (Å²) in [6.07, 6.45) is 5.93. The third-order valence-electron chi connectivity index (χ3n) is 22.9. The number of methoxy groups -OCH3 is 5. The van der Waals surface area contributed by atoms with Crippen LogP contribution in [-0.4, -0.2) is 282 Å². The summed E-state index contributed by atoms with van der Waals surface area (Å²) >= 11 is 11.2. The molecule has 0 saturated carbocycles. The monoisotopic (exact) mass is 1990 g/mol. The average molecular weight is 2000 g/mol. The molecule has 0 bridgehead atoms. The normalized spacial score (nSPS) is 23.5. The Morgan fingerprint density at radius 2 is 0.860 bits per heavy atom. The van der Waals surface area contributed by atoms with Gasteiger partial charge in [-0.15, -0.1) is 0 Å². The van der Waals surface area contributed by atoms with Crippen LogP contribution in [0.2, 0.25) is 10.0 Å². The number of halogens is 8. The molecule has 6 aromatic rings. The number of ketones is 1. The summed E-state index contributed by atoms with van der Waals surface area (Å²) in [5.74, 6) is -11.5. The van der Waals surface area contributed by atoms with Gasteiger partial charge in [0.1, 0.15) is 79.7 Å². The van der Waals surface area contributed by atoms with E-state index in [1.54, 1.807) is 35.1 Å². The number of nitrogens with zero attached hydrogens (tertiary/aromatic N) is 7. The molecule has 696 valence electrons. The third kappa shape index (κ3) is 18.9. The largest absolute Gasteiger partial charge is 2.00 e. The maximum Gasteiger partial charge on any atom is 2.00 e. The first kappa shape index (κ1) is 103. The number of aliphatic hydroxyl groups is 1. The van der Waals surface area contributed by atoms with Gasteiger partial charge in [0.15, 0.2) is 68.7 Å².